The van der Waals surface area contributed by atoms with Crippen molar-refractivity contribution >= 4 is 23.3 Å². The van der Waals surface area contributed by atoms with Crippen LogP contribution in [0.4, 0.5) is 5.69 Å². The van der Waals surface area contributed by atoms with E-state index in [-0.39, 0.29) is 12.5 Å². The van der Waals surface area contributed by atoms with Gasteiger partial charge in [-0.2, -0.15) is 0 Å². The molecule has 1 saturated carbocycles. The van der Waals surface area contributed by atoms with Crippen molar-refractivity contribution < 1.29 is 19.5 Å². The maximum Gasteiger partial charge on any atom is 0.251 e. The fraction of sp³-hybridized carbons (Fsp3) is 0.387. The van der Waals surface area contributed by atoms with E-state index in [4.69, 9.17) is 10.8 Å². The molecule has 0 unspecified atom stereocenters. The Morgan fingerprint density at radius 2 is 1.47 bits per heavy atom. The van der Waals surface area contributed by atoms with Crippen LogP contribution in [0.15, 0.2) is 48.5 Å². The van der Waals surface area contributed by atoms with Gasteiger partial charge in [-0.1, -0.05) is 50.4 Å². The summed E-state index contributed by atoms with van der Waals surface area (Å²) in [5.41, 5.74) is 8.06. The lowest BCUT2D eigenvalue weighted by Crippen LogP contribution is -2.46. The summed E-state index contributed by atoms with van der Waals surface area (Å²) in [7, 11) is 0. The summed E-state index contributed by atoms with van der Waals surface area (Å²) in [6.45, 7) is -0.774. The number of hydrogen-bond acceptors (Lipinski definition) is 5. The Kier molecular flexibility index (Phi) is 11.6. The molecule has 0 radical (unpaired) electrons. The van der Waals surface area contributed by atoms with Crippen molar-refractivity contribution in [1.82, 2.24) is 5.32 Å². The third-order valence-corrected chi connectivity index (χ3v) is 6.63. The van der Waals surface area contributed by atoms with Gasteiger partial charge in [-0.15, -0.1) is 0 Å². The number of nitrogens with one attached hydrogen (secondary N) is 2. The molecule has 7 heteroatoms. The van der Waals surface area contributed by atoms with Crippen molar-refractivity contribution in [1.29, 1.82) is 0 Å². The van der Waals surface area contributed by atoms with Crippen LogP contribution in [0.3, 0.4) is 0 Å². The third-order valence-electron chi connectivity index (χ3n) is 6.63. The van der Waals surface area contributed by atoms with E-state index in [1.54, 1.807) is 24.3 Å². The summed E-state index contributed by atoms with van der Waals surface area (Å²) < 4.78 is 0. The number of carbonyl (C=O) groups excluding carboxylic acids is 3. The Hall–Kier alpha value is -3.91. The highest BCUT2D eigenvalue weighted by atomic mass is 16.3. The van der Waals surface area contributed by atoms with Crippen LogP contribution < -0.4 is 16.4 Å². The normalized spacial score (nSPS) is 14.1. The number of amides is 2. The molecule has 1 fully saturated rings. The zero-order valence-electron chi connectivity index (χ0n) is 21.6. The molecule has 7 nitrogen and oxygen atoms in total. The van der Waals surface area contributed by atoms with E-state index in [0.29, 0.717) is 23.5 Å². The predicted octanol–water partition coefficient (Wildman–Crippen LogP) is 3.40. The second kappa shape index (κ2) is 15.4. The topological polar surface area (TPSA) is 122 Å². The number of rotatable bonds is 9. The molecule has 0 saturated heterocycles. The molecule has 3 rings (SSSR count). The smallest absolute Gasteiger partial charge is 0.251 e. The standard InChI is InChI=1S/C31H35N3O4/c32-21-28(29(36)22-35)34-31(38)26-16-11-24(12-17-26)9-5-6-10-25-13-18-27(19-14-25)33-30(37)20-15-23-7-3-1-2-4-8-23/h11-14,16-19,23,28,35H,1-4,7-8,15,20-22,32H2,(H,33,37)(H,34,38)/t28-/m0/s1. The van der Waals surface area contributed by atoms with Gasteiger partial charge in [0, 0.05) is 35.3 Å². The van der Waals surface area contributed by atoms with Gasteiger partial charge in [0.1, 0.15) is 12.6 Å². The highest BCUT2D eigenvalue weighted by Gasteiger charge is 2.19. The SMILES string of the molecule is NC[C@H](NC(=O)c1ccc(C#CC#Cc2ccc(NC(=O)CCC3CCCCCC3)cc2)cc1)C(=O)CO. The van der Waals surface area contributed by atoms with Gasteiger partial charge in [-0.3, -0.25) is 14.4 Å². The molecular formula is C31H35N3O4. The summed E-state index contributed by atoms with van der Waals surface area (Å²) in [5.74, 6) is 11.2. The lowest BCUT2D eigenvalue weighted by atomic mass is 9.95. The van der Waals surface area contributed by atoms with Crippen molar-refractivity contribution in [2.75, 3.05) is 18.5 Å². The van der Waals surface area contributed by atoms with E-state index in [9.17, 15) is 14.4 Å². The molecule has 0 spiro atoms. The number of aliphatic hydroxyl groups excluding tert-OH is 1. The van der Waals surface area contributed by atoms with Crippen molar-refractivity contribution in [3.8, 4) is 23.7 Å². The molecule has 0 aromatic heterocycles. The van der Waals surface area contributed by atoms with Gasteiger partial charge in [0.25, 0.3) is 5.91 Å². The molecule has 38 heavy (non-hydrogen) atoms. The molecule has 198 valence electrons. The van der Waals surface area contributed by atoms with E-state index >= 15 is 0 Å². The largest absolute Gasteiger partial charge is 0.388 e. The van der Waals surface area contributed by atoms with Gasteiger partial charge in [-0.25, -0.2) is 0 Å². The molecule has 1 aliphatic rings. The summed E-state index contributed by atoms with van der Waals surface area (Å²) in [4.78, 5) is 36.2. The van der Waals surface area contributed by atoms with Crippen LogP contribution in [0.5, 0.6) is 0 Å². The van der Waals surface area contributed by atoms with Gasteiger partial charge in [-0.05, 0) is 72.7 Å². The summed E-state index contributed by atoms with van der Waals surface area (Å²) in [5, 5.41) is 14.4. The molecule has 2 aromatic rings. The minimum absolute atomic E-state index is 0.0558. The minimum atomic E-state index is -0.927. The number of anilines is 1. The molecule has 5 N–H and O–H groups in total. The first-order valence-electron chi connectivity index (χ1n) is 13.1. The van der Waals surface area contributed by atoms with E-state index in [1.165, 1.54) is 38.5 Å². The number of Topliss-reactive ketones (excluding diaryl/α,β-unsaturated/α-hetero) is 1. The first-order chi connectivity index (χ1) is 18.5. The van der Waals surface area contributed by atoms with Gasteiger partial charge < -0.3 is 21.5 Å². The molecular weight excluding hydrogens is 478 g/mol. The van der Waals surface area contributed by atoms with Gasteiger partial charge in [0.05, 0.1) is 0 Å². The number of nitrogens with two attached hydrogens (primary N) is 1. The van der Waals surface area contributed by atoms with Crippen molar-refractivity contribution in [3.05, 3.63) is 65.2 Å². The molecule has 2 aromatic carbocycles. The van der Waals surface area contributed by atoms with Gasteiger partial charge in [0.2, 0.25) is 5.91 Å². The highest BCUT2D eigenvalue weighted by Crippen LogP contribution is 2.26. The van der Waals surface area contributed by atoms with E-state index < -0.39 is 24.3 Å². The van der Waals surface area contributed by atoms with Crippen molar-refractivity contribution in [2.24, 2.45) is 11.7 Å². The highest BCUT2D eigenvalue weighted by molar-refractivity contribution is 5.98. The van der Waals surface area contributed by atoms with Crippen LogP contribution in [-0.2, 0) is 9.59 Å². The number of carbonyl (C=O) groups is 3. The maximum absolute atomic E-state index is 12.3. The molecule has 2 amide bonds. The van der Waals surface area contributed by atoms with Crippen LogP contribution >= 0.6 is 0 Å². The molecule has 0 bridgehead atoms. The quantitative estimate of drug-likeness (QED) is 0.303. The summed E-state index contributed by atoms with van der Waals surface area (Å²) in [6, 6.07) is 13.0. The van der Waals surface area contributed by atoms with Crippen LogP contribution in [0.2, 0.25) is 0 Å². The minimum Gasteiger partial charge on any atom is -0.388 e. The fourth-order valence-electron chi connectivity index (χ4n) is 4.38. The predicted molar refractivity (Wildman–Crippen MR) is 148 cm³/mol. The van der Waals surface area contributed by atoms with Gasteiger partial charge in [0.15, 0.2) is 5.78 Å². The number of benzene rings is 2. The monoisotopic (exact) mass is 513 g/mol. The zero-order valence-corrected chi connectivity index (χ0v) is 21.6. The Morgan fingerprint density at radius 1 is 0.895 bits per heavy atom. The van der Waals surface area contributed by atoms with Crippen LogP contribution in [-0.4, -0.2) is 41.9 Å². The van der Waals surface area contributed by atoms with Crippen LogP contribution in [0, 0.1) is 29.6 Å². The second-order valence-electron chi connectivity index (χ2n) is 9.49. The Balaban J connectivity index is 1.47. The number of hydrogen-bond donors (Lipinski definition) is 4. The Morgan fingerprint density at radius 3 is 2.03 bits per heavy atom. The van der Waals surface area contributed by atoms with Gasteiger partial charge >= 0.3 is 0 Å². The lowest BCUT2D eigenvalue weighted by Gasteiger charge is -2.14. The molecule has 0 aliphatic heterocycles. The van der Waals surface area contributed by atoms with Crippen molar-refractivity contribution in [2.45, 2.75) is 57.4 Å². The first kappa shape index (κ1) is 28.7. The lowest BCUT2D eigenvalue weighted by molar-refractivity contribution is -0.123. The fourth-order valence-corrected chi connectivity index (χ4v) is 4.38. The van der Waals surface area contributed by atoms with E-state index in [0.717, 1.165) is 17.7 Å². The van der Waals surface area contributed by atoms with E-state index in [2.05, 4.69) is 34.3 Å². The van der Waals surface area contributed by atoms with E-state index in [1.807, 2.05) is 24.3 Å². The molecule has 1 aliphatic carbocycles. The van der Waals surface area contributed by atoms with Crippen LogP contribution in [0.25, 0.3) is 0 Å². The number of aliphatic hydroxyl groups is 1. The zero-order chi connectivity index (χ0) is 27.2. The van der Waals surface area contributed by atoms with Crippen molar-refractivity contribution in [3.63, 3.8) is 0 Å². The molecule has 1 atom stereocenters. The summed E-state index contributed by atoms with van der Waals surface area (Å²) in [6.07, 6.45) is 9.24. The summed E-state index contributed by atoms with van der Waals surface area (Å²) >= 11 is 0. The third kappa shape index (κ3) is 9.52. The van der Waals surface area contributed by atoms with Crippen LogP contribution in [0.1, 0.15) is 72.9 Å². The Bertz CT molecular complexity index is 1210. The Labute approximate surface area is 224 Å². The average Bonchev–Trinajstić information content (AvgIpc) is 3.22. The molecule has 0 heterocycles. The first-order valence-corrected chi connectivity index (χ1v) is 13.1. The maximum atomic E-state index is 12.3. The second-order valence-corrected chi connectivity index (χ2v) is 9.49. The average molecular weight is 514 g/mol. The number of ketones is 1.